The van der Waals surface area contributed by atoms with Crippen molar-refractivity contribution in [2.45, 2.75) is 137 Å². The van der Waals surface area contributed by atoms with Gasteiger partial charge in [-0.3, -0.25) is 9.59 Å². The first-order valence-corrected chi connectivity index (χ1v) is 16.6. The van der Waals surface area contributed by atoms with E-state index in [2.05, 4.69) is 30.5 Å². The zero-order chi connectivity index (χ0) is 32.7. The number of ether oxygens (including phenoxy) is 1. The van der Waals surface area contributed by atoms with Gasteiger partial charge in [-0.05, 0) is 71.1 Å². The van der Waals surface area contributed by atoms with E-state index in [0.717, 1.165) is 67.2 Å². The van der Waals surface area contributed by atoms with E-state index in [-0.39, 0.29) is 24.3 Å². The van der Waals surface area contributed by atoms with Crippen molar-refractivity contribution in [3.05, 3.63) is 70.8 Å². The molecule has 0 heterocycles. The molecule has 0 fully saturated rings. The van der Waals surface area contributed by atoms with Gasteiger partial charge >= 0.3 is 6.09 Å². The van der Waals surface area contributed by atoms with E-state index in [9.17, 15) is 14.4 Å². The van der Waals surface area contributed by atoms with Crippen molar-refractivity contribution >= 4 is 17.9 Å². The largest absolute Gasteiger partial charge is 0.444 e. The Bertz CT molecular complexity index is 1180. The third-order valence-corrected chi connectivity index (χ3v) is 7.70. The van der Waals surface area contributed by atoms with E-state index in [1.807, 2.05) is 63.2 Å². The summed E-state index contributed by atoms with van der Waals surface area (Å²) in [5.41, 5.74) is 3.03. The van der Waals surface area contributed by atoms with Crippen molar-refractivity contribution in [1.82, 2.24) is 15.5 Å². The van der Waals surface area contributed by atoms with Crippen molar-refractivity contribution in [3.8, 4) is 0 Å². The molecule has 0 radical (unpaired) electrons. The average molecular weight is 608 g/mol. The Kier molecular flexibility index (Phi) is 15.5. The molecule has 2 rings (SSSR count). The van der Waals surface area contributed by atoms with Crippen LogP contribution in [-0.2, 0) is 20.7 Å². The summed E-state index contributed by atoms with van der Waals surface area (Å²) in [5.74, 6) is -0.496. The highest BCUT2D eigenvalue weighted by Gasteiger charge is 2.37. The second-order valence-corrected chi connectivity index (χ2v) is 13.1. The second kappa shape index (κ2) is 18.5. The lowest BCUT2D eigenvalue weighted by Crippen LogP contribution is -2.54. The van der Waals surface area contributed by atoms with Crippen LogP contribution >= 0.6 is 0 Å². The molecule has 0 aromatic heterocycles. The Morgan fingerprint density at radius 3 is 2.14 bits per heavy atom. The number of carbonyl (C=O) groups is 3. The van der Waals surface area contributed by atoms with Gasteiger partial charge in [-0.2, -0.15) is 0 Å². The number of amides is 3. The van der Waals surface area contributed by atoms with Crippen LogP contribution in [0.25, 0.3) is 0 Å². The summed E-state index contributed by atoms with van der Waals surface area (Å²) < 4.78 is 5.58. The number of unbranched alkanes of at least 4 members (excludes halogenated alkanes) is 5. The van der Waals surface area contributed by atoms with Gasteiger partial charge in [0, 0.05) is 19.0 Å². The first-order chi connectivity index (χ1) is 20.9. The highest BCUT2D eigenvalue weighted by atomic mass is 16.6. The fraction of sp³-hybridized carbons (Fsp3) is 0.595. The van der Waals surface area contributed by atoms with Crippen molar-refractivity contribution in [2.24, 2.45) is 0 Å². The van der Waals surface area contributed by atoms with Crippen LogP contribution in [0.5, 0.6) is 0 Å². The number of benzene rings is 2. The summed E-state index contributed by atoms with van der Waals surface area (Å²) in [6.07, 6.45) is 7.69. The van der Waals surface area contributed by atoms with Crippen LogP contribution in [0.1, 0.15) is 121 Å². The molecule has 3 unspecified atom stereocenters. The molecule has 44 heavy (non-hydrogen) atoms. The number of hydrogen-bond donors (Lipinski definition) is 2. The van der Waals surface area contributed by atoms with Crippen LogP contribution in [-0.4, -0.2) is 47.0 Å². The Morgan fingerprint density at radius 1 is 0.864 bits per heavy atom. The monoisotopic (exact) mass is 607 g/mol. The summed E-state index contributed by atoms with van der Waals surface area (Å²) in [6.45, 7) is 16.1. The standard InChI is InChI=1S/C37H57N3O4/c1-9-11-12-13-14-18-24-40(33(34(41)38-29(5)19-10-2)31-23-22-27(3)25-28(31)4)35(42)32(26-30-20-16-15-17-21-30)39-36(43)44-37(6,7)8/h15-17,20-23,25,29,32-33H,9-14,18-19,24,26H2,1-8H3,(H,38,41)(H,39,43). The van der Waals surface area contributed by atoms with Crippen LogP contribution in [0, 0.1) is 13.8 Å². The molecule has 0 aliphatic rings. The fourth-order valence-electron chi connectivity index (χ4n) is 5.54. The SMILES string of the molecule is CCCCCCCCN(C(=O)C(Cc1ccccc1)NC(=O)OC(C)(C)C)C(C(=O)NC(C)CCC)c1ccc(C)cc1C. The van der Waals surface area contributed by atoms with Gasteiger partial charge in [0.15, 0.2) is 0 Å². The number of nitrogens with one attached hydrogen (secondary N) is 2. The van der Waals surface area contributed by atoms with Crippen molar-refractivity contribution < 1.29 is 19.1 Å². The maximum Gasteiger partial charge on any atom is 0.408 e. The first-order valence-electron chi connectivity index (χ1n) is 16.6. The maximum atomic E-state index is 14.7. The quantitative estimate of drug-likeness (QED) is 0.179. The van der Waals surface area contributed by atoms with E-state index < -0.39 is 23.8 Å². The van der Waals surface area contributed by atoms with Gasteiger partial charge < -0.3 is 20.3 Å². The van der Waals surface area contributed by atoms with Crippen molar-refractivity contribution in [1.29, 1.82) is 0 Å². The lowest BCUT2D eigenvalue weighted by molar-refractivity contribution is -0.142. The molecule has 0 aliphatic heterocycles. The highest BCUT2D eigenvalue weighted by molar-refractivity contribution is 5.92. The number of hydrogen-bond acceptors (Lipinski definition) is 4. The van der Waals surface area contributed by atoms with Crippen LogP contribution < -0.4 is 10.6 Å². The molecule has 2 aromatic carbocycles. The van der Waals surface area contributed by atoms with E-state index in [0.29, 0.717) is 6.54 Å². The highest BCUT2D eigenvalue weighted by Crippen LogP contribution is 2.28. The number of rotatable bonds is 17. The van der Waals surface area contributed by atoms with E-state index in [1.165, 1.54) is 6.42 Å². The van der Waals surface area contributed by atoms with Gasteiger partial charge in [0.05, 0.1) is 0 Å². The lowest BCUT2D eigenvalue weighted by atomic mass is 9.95. The maximum absolute atomic E-state index is 14.7. The second-order valence-electron chi connectivity index (χ2n) is 13.1. The van der Waals surface area contributed by atoms with Crippen LogP contribution in [0.15, 0.2) is 48.5 Å². The minimum atomic E-state index is -0.915. The summed E-state index contributed by atoms with van der Waals surface area (Å²) >= 11 is 0. The molecular formula is C37H57N3O4. The van der Waals surface area contributed by atoms with Gasteiger partial charge in [0.1, 0.15) is 17.7 Å². The molecule has 0 spiro atoms. The molecule has 3 amide bonds. The Morgan fingerprint density at radius 2 is 1.52 bits per heavy atom. The molecular weight excluding hydrogens is 550 g/mol. The molecule has 0 saturated heterocycles. The number of alkyl carbamates (subject to hydrolysis) is 1. The van der Waals surface area contributed by atoms with Crippen molar-refractivity contribution in [3.63, 3.8) is 0 Å². The minimum Gasteiger partial charge on any atom is -0.444 e. The topological polar surface area (TPSA) is 87.7 Å². The zero-order valence-electron chi connectivity index (χ0n) is 28.5. The molecule has 2 aromatic rings. The Labute approximate surface area is 266 Å². The molecule has 7 heteroatoms. The van der Waals surface area contributed by atoms with Crippen molar-refractivity contribution in [2.75, 3.05) is 6.54 Å². The van der Waals surface area contributed by atoms with E-state index >= 15 is 0 Å². The predicted molar refractivity (Wildman–Crippen MR) is 180 cm³/mol. The van der Waals surface area contributed by atoms with Crippen LogP contribution in [0.2, 0.25) is 0 Å². The van der Waals surface area contributed by atoms with Gasteiger partial charge in [-0.25, -0.2) is 4.79 Å². The van der Waals surface area contributed by atoms with E-state index in [4.69, 9.17) is 4.74 Å². The van der Waals surface area contributed by atoms with Gasteiger partial charge in [0.2, 0.25) is 11.8 Å². The van der Waals surface area contributed by atoms with Gasteiger partial charge in [0.25, 0.3) is 0 Å². The lowest BCUT2D eigenvalue weighted by Gasteiger charge is -2.36. The number of carbonyl (C=O) groups excluding carboxylic acids is 3. The zero-order valence-corrected chi connectivity index (χ0v) is 28.5. The van der Waals surface area contributed by atoms with Gasteiger partial charge in [-0.1, -0.05) is 106 Å². The molecule has 0 aliphatic carbocycles. The minimum absolute atomic E-state index is 0.0354. The third kappa shape index (κ3) is 12.7. The third-order valence-electron chi connectivity index (χ3n) is 7.70. The average Bonchev–Trinajstić information content (AvgIpc) is 2.94. The van der Waals surface area contributed by atoms with Crippen LogP contribution in [0.3, 0.4) is 0 Å². The Balaban J connectivity index is 2.57. The first kappa shape index (κ1) is 36.8. The molecule has 2 N–H and O–H groups in total. The summed E-state index contributed by atoms with van der Waals surface area (Å²) in [6, 6.07) is 13.9. The smallest absolute Gasteiger partial charge is 0.408 e. The Hall–Kier alpha value is -3.35. The predicted octanol–water partition coefficient (Wildman–Crippen LogP) is 7.97. The molecule has 3 atom stereocenters. The summed E-state index contributed by atoms with van der Waals surface area (Å²) in [7, 11) is 0. The number of aryl methyl sites for hydroxylation is 2. The van der Waals surface area contributed by atoms with Crippen LogP contribution in [0.4, 0.5) is 4.79 Å². The fourth-order valence-corrected chi connectivity index (χ4v) is 5.54. The number of nitrogens with zero attached hydrogens (tertiary/aromatic N) is 1. The summed E-state index contributed by atoms with van der Waals surface area (Å²) in [4.78, 5) is 43.6. The van der Waals surface area contributed by atoms with E-state index in [1.54, 1.807) is 25.7 Å². The molecule has 0 bridgehead atoms. The summed E-state index contributed by atoms with van der Waals surface area (Å²) in [5, 5.41) is 6.06. The molecule has 7 nitrogen and oxygen atoms in total. The molecule has 0 saturated carbocycles. The molecule has 244 valence electrons. The van der Waals surface area contributed by atoms with Gasteiger partial charge in [-0.15, -0.1) is 0 Å². The normalized spacial score (nSPS) is 13.5.